The molecule has 0 saturated carbocycles. The van der Waals surface area contributed by atoms with Crippen molar-refractivity contribution >= 4 is 22.6 Å². The van der Waals surface area contributed by atoms with E-state index in [1.165, 1.54) is 0 Å². The van der Waals surface area contributed by atoms with E-state index < -0.39 is 0 Å². The van der Waals surface area contributed by atoms with Gasteiger partial charge in [-0.2, -0.15) is 0 Å². The first-order chi connectivity index (χ1) is 11.8. The lowest BCUT2D eigenvalue weighted by Gasteiger charge is -2.10. The number of benzene rings is 2. The average molecular weight is 323 g/mol. The van der Waals surface area contributed by atoms with Gasteiger partial charge in [-0.05, 0) is 18.2 Å². The molecule has 0 fully saturated rings. The van der Waals surface area contributed by atoms with E-state index >= 15 is 0 Å². The molecule has 3 aromatic rings. The second-order valence-electron chi connectivity index (χ2n) is 5.48. The van der Waals surface area contributed by atoms with E-state index in [4.69, 9.17) is 14.9 Å². The highest BCUT2D eigenvalue weighted by atomic mass is 16.5. The van der Waals surface area contributed by atoms with Gasteiger partial charge in [-0.25, -0.2) is 0 Å². The molecule has 5 nitrogen and oxygen atoms in total. The predicted octanol–water partition coefficient (Wildman–Crippen LogP) is 3.55. The molecule has 24 heavy (non-hydrogen) atoms. The molecule has 124 valence electrons. The molecule has 0 unspecified atom stereocenters. The Balaban J connectivity index is 1.60. The molecule has 0 atom stereocenters. The average Bonchev–Trinajstić information content (AvgIpc) is 2.99. The Morgan fingerprint density at radius 2 is 1.96 bits per heavy atom. The molecule has 0 amide bonds. The summed E-state index contributed by atoms with van der Waals surface area (Å²) in [6.45, 7) is 1.08. The van der Waals surface area contributed by atoms with Crippen molar-refractivity contribution in [3.05, 3.63) is 65.9 Å². The van der Waals surface area contributed by atoms with Gasteiger partial charge in [0.1, 0.15) is 11.3 Å². The van der Waals surface area contributed by atoms with Crippen LogP contribution in [0.15, 0.2) is 64.0 Å². The van der Waals surface area contributed by atoms with Crippen molar-refractivity contribution in [1.29, 1.82) is 0 Å². The first-order valence-corrected chi connectivity index (χ1v) is 7.87. The van der Waals surface area contributed by atoms with Crippen LogP contribution in [0.1, 0.15) is 11.3 Å². The summed E-state index contributed by atoms with van der Waals surface area (Å²) < 4.78 is 11.0. The third-order valence-corrected chi connectivity index (χ3v) is 3.70. The number of anilines is 1. The van der Waals surface area contributed by atoms with Crippen LogP contribution < -0.4 is 11.1 Å². The van der Waals surface area contributed by atoms with Crippen LogP contribution in [0.2, 0.25) is 0 Å². The summed E-state index contributed by atoms with van der Waals surface area (Å²) in [7, 11) is 1.67. The number of hydrogen-bond donors (Lipinski definition) is 2. The fourth-order valence-corrected chi connectivity index (χ4v) is 2.55. The van der Waals surface area contributed by atoms with Gasteiger partial charge in [-0.3, -0.25) is 4.99 Å². The Bertz CT molecular complexity index is 806. The summed E-state index contributed by atoms with van der Waals surface area (Å²) in [5.41, 5.74) is 8.82. The number of rotatable bonds is 6. The van der Waals surface area contributed by atoms with Crippen LogP contribution in [-0.2, 0) is 17.8 Å². The summed E-state index contributed by atoms with van der Waals surface area (Å²) in [6, 6.07) is 17.9. The van der Waals surface area contributed by atoms with Gasteiger partial charge in [0, 0.05) is 36.7 Å². The fraction of sp³-hybridized carbons (Fsp3) is 0.211. The molecule has 0 radical (unpaired) electrons. The Kier molecular flexibility index (Phi) is 5.13. The van der Waals surface area contributed by atoms with E-state index in [0.717, 1.165) is 28.0 Å². The molecule has 3 N–H and O–H groups in total. The predicted molar refractivity (Wildman–Crippen MR) is 97.2 cm³/mol. The van der Waals surface area contributed by atoms with Crippen molar-refractivity contribution in [3.8, 4) is 0 Å². The molecule has 0 aliphatic carbocycles. The minimum atomic E-state index is 0.384. The zero-order valence-corrected chi connectivity index (χ0v) is 13.7. The zero-order chi connectivity index (χ0) is 16.8. The van der Waals surface area contributed by atoms with Crippen LogP contribution in [0, 0.1) is 0 Å². The number of nitrogens with two attached hydrogens (primary N) is 1. The molecule has 0 saturated heterocycles. The van der Waals surface area contributed by atoms with Crippen LogP contribution in [-0.4, -0.2) is 19.6 Å². The second-order valence-corrected chi connectivity index (χ2v) is 5.48. The van der Waals surface area contributed by atoms with Gasteiger partial charge in [-0.15, -0.1) is 0 Å². The second kappa shape index (κ2) is 7.66. The SMILES string of the molecule is COCc1ccccc1NC(N)=NCCc1cc2ccccc2o1. The summed E-state index contributed by atoms with van der Waals surface area (Å²) in [4.78, 5) is 4.37. The van der Waals surface area contributed by atoms with E-state index in [-0.39, 0.29) is 0 Å². The molecule has 0 aliphatic rings. The Labute approximate surface area is 141 Å². The van der Waals surface area contributed by atoms with Crippen LogP contribution in [0.4, 0.5) is 5.69 Å². The van der Waals surface area contributed by atoms with Gasteiger partial charge in [0.2, 0.25) is 0 Å². The number of para-hydroxylation sites is 2. The number of fused-ring (bicyclic) bond motifs is 1. The number of furan rings is 1. The van der Waals surface area contributed by atoms with Crippen LogP contribution in [0.25, 0.3) is 11.0 Å². The molecule has 3 rings (SSSR count). The molecule has 5 heteroatoms. The van der Waals surface area contributed by atoms with Crippen molar-refractivity contribution in [2.45, 2.75) is 13.0 Å². The summed E-state index contributed by atoms with van der Waals surface area (Å²) in [5, 5.41) is 4.23. The smallest absolute Gasteiger partial charge is 0.193 e. The van der Waals surface area contributed by atoms with E-state index in [1.54, 1.807) is 7.11 Å². The van der Waals surface area contributed by atoms with Crippen molar-refractivity contribution < 1.29 is 9.15 Å². The number of ether oxygens (including phenoxy) is 1. The van der Waals surface area contributed by atoms with Gasteiger partial charge >= 0.3 is 0 Å². The summed E-state index contributed by atoms with van der Waals surface area (Å²) in [5.74, 6) is 1.29. The normalized spacial score (nSPS) is 11.8. The number of nitrogens with zero attached hydrogens (tertiary/aromatic N) is 1. The third-order valence-electron chi connectivity index (χ3n) is 3.70. The maximum atomic E-state index is 5.98. The van der Waals surface area contributed by atoms with Gasteiger partial charge in [0.05, 0.1) is 6.61 Å². The standard InChI is InChI=1S/C19H21N3O2/c1-23-13-15-7-2-4-8-17(15)22-19(20)21-11-10-16-12-14-6-3-5-9-18(14)24-16/h2-9,12H,10-11,13H2,1H3,(H3,20,21,22). The Morgan fingerprint density at radius 3 is 2.79 bits per heavy atom. The number of aliphatic imine (C=N–C) groups is 1. The molecule has 1 aromatic heterocycles. The number of hydrogen-bond acceptors (Lipinski definition) is 3. The lowest BCUT2D eigenvalue weighted by molar-refractivity contribution is 0.185. The van der Waals surface area contributed by atoms with E-state index in [9.17, 15) is 0 Å². The zero-order valence-electron chi connectivity index (χ0n) is 13.7. The fourth-order valence-electron chi connectivity index (χ4n) is 2.55. The largest absolute Gasteiger partial charge is 0.461 e. The monoisotopic (exact) mass is 323 g/mol. The van der Waals surface area contributed by atoms with Gasteiger partial charge < -0.3 is 20.2 Å². The molecular formula is C19H21N3O2. The summed E-state index contributed by atoms with van der Waals surface area (Å²) >= 11 is 0. The topological polar surface area (TPSA) is 72.8 Å². The van der Waals surface area contributed by atoms with Crippen LogP contribution in [0.5, 0.6) is 0 Å². The van der Waals surface area contributed by atoms with Crippen LogP contribution in [0.3, 0.4) is 0 Å². The molecule has 2 aromatic carbocycles. The molecule has 0 spiro atoms. The van der Waals surface area contributed by atoms with Crippen molar-refractivity contribution in [2.24, 2.45) is 10.7 Å². The number of nitrogens with one attached hydrogen (secondary N) is 1. The first-order valence-electron chi connectivity index (χ1n) is 7.87. The highest BCUT2D eigenvalue weighted by Crippen LogP contribution is 2.19. The van der Waals surface area contributed by atoms with E-state index in [0.29, 0.717) is 25.5 Å². The minimum absolute atomic E-state index is 0.384. The van der Waals surface area contributed by atoms with Gasteiger partial charge in [-0.1, -0.05) is 36.4 Å². The maximum absolute atomic E-state index is 5.98. The quantitative estimate of drug-likeness (QED) is 0.537. The highest BCUT2D eigenvalue weighted by Gasteiger charge is 2.04. The molecular weight excluding hydrogens is 302 g/mol. The lowest BCUT2D eigenvalue weighted by atomic mass is 10.2. The molecule has 0 bridgehead atoms. The van der Waals surface area contributed by atoms with Crippen molar-refractivity contribution in [3.63, 3.8) is 0 Å². The van der Waals surface area contributed by atoms with Crippen molar-refractivity contribution in [2.75, 3.05) is 19.0 Å². The summed E-state index contributed by atoms with van der Waals surface area (Å²) in [6.07, 6.45) is 0.705. The highest BCUT2D eigenvalue weighted by molar-refractivity contribution is 5.93. The van der Waals surface area contributed by atoms with Gasteiger partial charge in [0.25, 0.3) is 0 Å². The Hall–Kier alpha value is -2.79. The Morgan fingerprint density at radius 1 is 1.17 bits per heavy atom. The van der Waals surface area contributed by atoms with E-state index in [1.807, 2.05) is 54.6 Å². The lowest BCUT2D eigenvalue weighted by Crippen LogP contribution is -2.23. The number of guanidine groups is 1. The van der Waals surface area contributed by atoms with Crippen molar-refractivity contribution in [1.82, 2.24) is 0 Å². The molecule has 0 aliphatic heterocycles. The minimum Gasteiger partial charge on any atom is -0.461 e. The number of methoxy groups -OCH3 is 1. The first kappa shape index (κ1) is 16.1. The van der Waals surface area contributed by atoms with Gasteiger partial charge in [0.15, 0.2) is 5.96 Å². The van der Waals surface area contributed by atoms with E-state index in [2.05, 4.69) is 10.3 Å². The molecule has 1 heterocycles. The third kappa shape index (κ3) is 3.94. The maximum Gasteiger partial charge on any atom is 0.193 e. The van der Waals surface area contributed by atoms with Crippen LogP contribution >= 0.6 is 0 Å².